The van der Waals surface area contributed by atoms with Crippen molar-refractivity contribution in [1.82, 2.24) is 10.1 Å². The maximum atomic E-state index is 6.22. The molecule has 2 aromatic heterocycles. The van der Waals surface area contributed by atoms with E-state index in [1.165, 1.54) is 4.88 Å². The van der Waals surface area contributed by atoms with Crippen molar-refractivity contribution >= 4 is 11.3 Å². The van der Waals surface area contributed by atoms with Crippen LogP contribution < -0.4 is 5.73 Å². The van der Waals surface area contributed by atoms with Crippen LogP contribution in [0.2, 0.25) is 0 Å². The van der Waals surface area contributed by atoms with Crippen molar-refractivity contribution in [2.75, 3.05) is 0 Å². The van der Waals surface area contributed by atoms with Gasteiger partial charge in [0.2, 0.25) is 5.89 Å². The van der Waals surface area contributed by atoms with E-state index in [-0.39, 0.29) is 0 Å². The van der Waals surface area contributed by atoms with Gasteiger partial charge in [0, 0.05) is 4.88 Å². The van der Waals surface area contributed by atoms with E-state index in [0.717, 1.165) is 12.8 Å². The molecule has 92 valence electrons. The van der Waals surface area contributed by atoms with Crippen LogP contribution in [-0.2, 0) is 12.0 Å². The van der Waals surface area contributed by atoms with Crippen LogP contribution in [0.3, 0.4) is 0 Å². The van der Waals surface area contributed by atoms with Crippen LogP contribution in [0, 0.1) is 0 Å². The molecule has 2 rings (SSSR count). The normalized spacial score (nSPS) is 11.9. The number of hydrogen-bond acceptors (Lipinski definition) is 5. The van der Waals surface area contributed by atoms with Crippen LogP contribution in [0.25, 0.3) is 0 Å². The summed E-state index contributed by atoms with van der Waals surface area (Å²) in [5.41, 5.74) is 5.76. The molecule has 0 saturated carbocycles. The molecule has 5 heteroatoms. The lowest BCUT2D eigenvalue weighted by Gasteiger charge is -2.21. The standard InChI is InChI=1S/C12H17N3OS/c1-3-12(13,4-2)11-14-10(16-15-11)8-9-6-5-7-17-9/h5-7H,3-4,8,13H2,1-2H3. The summed E-state index contributed by atoms with van der Waals surface area (Å²) < 4.78 is 5.25. The second-order valence-corrected chi connectivity index (χ2v) is 5.16. The lowest BCUT2D eigenvalue weighted by molar-refractivity contribution is 0.338. The molecule has 0 aromatic carbocycles. The lowest BCUT2D eigenvalue weighted by atomic mass is 9.93. The van der Waals surface area contributed by atoms with Crippen molar-refractivity contribution < 1.29 is 4.52 Å². The maximum Gasteiger partial charge on any atom is 0.231 e. The quantitative estimate of drug-likeness (QED) is 0.887. The summed E-state index contributed by atoms with van der Waals surface area (Å²) in [4.78, 5) is 5.62. The van der Waals surface area contributed by atoms with Crippen LogP contribution in [0.1, 0.15) is 43.3 Å². The summed E-state index contributed by atoms with van der Waals surface area (Å²) in [6.45, 7) is 4.08. The minimum Gasteiger partial charge on any atom is -0.339 e. The average molecular weight is 251 g/mol. The fourth-order valence-corrected chi connectivity index (χ4v) is 2.35. The van der Waals surface area contributed by atoms with Gasteiger partial charge in [-0.05, 0) is 24.3 Å². The zero-order valence-corrected chi connectivity index (χ0v) is 11.0. The van der Waals surface area contributed by atoms with E-state index < -0.39 is 5.54 Å². The first-order chi connectivity index (χ1) is 8.18. The van der Waals surface area contributed by atoms with E-state index in [4.69, 9.17) is 10.3 Å². The van der Waals surface area contributed by atoms with Gasteiger partial charge in [-0.3, -0.25) is 0 Å². The molecule has 0 aliphatic carbocycles. The minimum atomic E-state index is -0.461. The van der Waals surface area contributed by atoms with E-state index in [1.807, 2.05) is 25.3 Å². The number of thiophene rings is 1. The van der Waals surface area contributed by atoms with Crippen molar-refractivity contribution in [3.63, 3.8) is 0 Å². The lowest BCUT2D eigenvalue weighted by Crippen LogP contribution is -2.36. The van der Waals surface area contributed by atoms with Gasteiger partial charge in [0.1, 0.15) is 0 Å². The van der Waals surface area contributed by atoms with Crippen molar-refractivity contribution in [2.45, 2.75) is 38.6 Å². The average Bonchev–Trinajstić information content (AvgIpc) is 3.00. The maximum absolute atomic E-state index is 6.22. The van der Waals surface area contributed by atoms with Gasteiger partial charge in [0.25, 0.3) is 0 Å². The topological polar surface area (TPSA) is 64.9 Å². The summed E-state index contributed by atoms with van der Waals surface area (Å²) in [5.74, 6) is 1.26. The number of rotatable bonds is 5. The Morgan fingerprint density at radius 2 is 2.18 bits per heavy atom. The van der Waals surface area contributed by atoms with Gasteiger partial charge >= 0.3 is 0 Å². The Hall–Kier alpha value is -1.20. The van der Waals surface area contributed by atoms with Gasteiger partial charge in [-0.25, -0.2) is 0 Å². The van der Waals surface area contributed by atoms with Gasteiger partial charge in [-0.15, -0.1) is 11.3 Å². The smallest absolute Gasteiger partial charge is 0.231 e. The van der Waals surface area contributed by atoms with Gasteiger partial charge in [-0.2, -0.15) is 4.98 Å². The predicted octanol–water partition coefficient (Wildman–Crippen LogP) is 2.70. The third-order valence-electron chi connectivity index (χ3n) is 3.08. The summed E-state index contributed by atoms with van der Waals surface area (Å²) >= 11 is 1.69. The van der Waals surface area contributed by atoms with E-state index in [2.05, 4.69) is 16.2 Å². The molecule has 17 heavy (non-hydrogen) atoms. The van der Waals surface area contributed by atoms with Crippen LogP contribution in [-0.4, -0.2) is 10.1 Å². The summed E-state index contributed by atoms with van der Waals surface area (Å²) in [6.07, 6.45) is 2.30. The monoisotopic (exact) mass is 251 g/mol. The second kappa shape index (κ2) is 4.98. The molecule has 0 fully saturated rings. The third-order valence-corrected chi connectivity index (χ3v) is 3.96. The summed E-state index contributed by atoms with van der Waals surface area (Å²) in [6, 6.07) is 4.08. The molecule has 2 heterocycles. The molecule has 4 nitrogen and oxygen atoms in total. The Morgan fingerprint density at radius 1 is 1.41 bits per heavy atom. The van der Waals surface area contributed by atoms with E-state index in [0.29, 0.717) is 18.1 Å². The number of hydrogen-bond donors (Lipinski definition) is 1. The highest BCUT2D eigenvalue weighted by Crippen LogP contribution is 2.23. The third kappa shape index (κ3) is 2.56. The van der Waals surface area contributed by atoms with Crippen LogP contribution in [0.4, 0.5) is 0 Å². The van der Waals surface area contributed by atoms with Crippen molar-refractivity contribution in [3.8, 4) is 0 Å². The number of nitrogens with two attached hydrogens (primary N) is 1. The molecule has 0 radical (unpaired) electrons. The fraction of sp³-hybridized carbons (Fsp3) is 0.500. The van der Waals surface area contributed by atoms with Crippen LogP contribution in [0.5, 0.6) is 0 Å². The van der Waals surface area contributed by atoms with E-state index in [9.17, 15) is 0 Å². The molecule has 0 spiro atoms. The van der Waals surface area contributed by atoms with E-state index >= 15 is 0 Å². The zero-order valence-electron chi connectivity index (χ0n) is 10.1. The fourth-order valence-electron chi connectivity index (χ4n) is 1.66. The molecule has 0 atom stereocenters. The number of nitrogens with zero attached hydrogens (tertiary/aromatic N) is 2. The van der Waals surface area contributed by atoms with Gasteiger partial charge in [0.05, 0.1) is 12.0 Å². The molecule has 0 bridgehead atoms. The highest BCUT2D eigenvalue weighted by atomic mass is 32.1. The van der Waals surface area contributed by atoms with Crippen molar-refractivity contribution in [2.24, 2.45) is 5.73 Å². The molecular weight excluding hydrogens is 234 g/mol. The SMILES string of the molecule is CCC(N)(CC)c1noc(Cc2cccs2)n1. The van der Waals surface area contributed by atoms with Crippen molar-refractivity contribution in [3.05, 3.63) is 34.1 Å². The Balaban J connectivity index is 2.15. The molecular formula is C12H17N3OS. The first-order valence-electron chi connectivity index (χ1n) is 5.82. The predicted molar refractivity (Wildman–Crippen MR) is 67.9 cm³/mol. The molecule has 0 aliphatic heterocycles. The van der Waals surface area contributed by atoms with Gasteiger partial charge in [0.15, 0.2) is 5.82 Å². The molecule has 0 amide bonds. The molecule has 0 unspecified atom stereocenters. The largest absolute Gasteiger partial charge is 0.339 e. The highest BCUT2D eigenvalue weighted by molar-refractivity contribution is 7.09. The number of aromatic nitrogens is 2. The van der Waals surface area contributed by atoms with Gasteiger partial charge in [-0.1, -0.05) is 25.1 Å². The highest BCUT2D eigenvalue weighted by Gasteiger charge is 2.28. The van der Waals surface area contributed by atoms with E-state index in [1.54, 1.807) is 11.3 Å². The Bertz CT molecular complexity index is 460. The first-order valence-corrected chi connectivity index (χ1v) is 6.70. The Kier molecular flexibility index (Phi) is 3.59. The molecule has 2 aromatic rings. The summed E-state index contributed by atoms with van der Waals surface area (Å²) in [7, 11) is 0. The first kappa shape index (κ1) is 12.3. The minimum absolute atomic E-state index is 0.461. The Morgan fingerprint density at radius 3 is 2.76 bits per heavy atom. The Labute approximate surface area is 105 Å². The zero-order chi connectivity index (χ0) is 12.3. The summed E-state index contributed by atoms with van der Waals surface area (Å²) in [5, 5.41) is 6.04. The van der Waals surface area contributed by atoms with Crippen LogP contribution in [0.15, 0.2) is 22.0 Å². The van der Waals surface area contributed by atoms with Crippen molar-refractivity contribution in [1.29, 1.82) is 0 Å². The molecule has 0 aliphatic rings. The van der Waals surface area contributed by atoms with Crippen LogP contribution >= 0.6 is 11.3 Å². The van der Waals surface area contributed by atoms with Gasteiger partial charge < -0.3 is 10.3 Å². The second-order valence-electron chi connectivity index (χ2n) is 4.13. The molecule has 2 N–H and O–H groups in total. The molecule has 0 saturated heterocycles.